The molecule has 3 nitrogen and oxygen atoms in total. The van der Waals surface area contributed by atoms with Crippen LogP contribution in [0.1, 0.15) is 69.3 Å². The fourth-order valence-electron chi connectivity index (χ4n) is 2.15. The number of aryl methyl sites for hydroxylation is 1. The van der Waals surface area contributed by atoms with Gasteiger partial charge in [-0.3, -0.25) is 4.79 Å². The average molecular weight is 346 g/mol. The van der Waals surface area contributed by atoms with Crippen LogP contribution in [0.2, 0.25) is 0 Å². The molecule has 0 amide bonds. The van der Waals surface area contributed by atoms with Crippen LogP contribution in [0.5, 0.6) is 0 Å². The quantitative estimate of drug-likeness (QED) is 0.275. The van der Waals surface area contributed by atoms with E-state index in [1.807, 2.05) is 71.0 Å². The number of ketones is 1. The molecule has 25 heavy (non-hydrogen) atoms. The third-order valence-electron chi connectivity index (χ3n) is 3.79. The van der Waals surface area contributed by atoms with Gasteiger partial charge in [0, 0.05) is 12.0 Å². The van der Waals surface area contributed by atoms with Crippen LogP contribution in [0.3, 0.4) is 0 Å². The first-order valence-corrected chi connectivity index (χ1v) is 9.20. The standard InChI is InChI=1S/C12H23NO.C10H12O/c1-4-8-12(9-6-7-10-13)14-11(3)5-2;1-3-10(11)9-6-4-8(2)5-7-9/h4-5,8,12H,6-7,9-10,13H2,1-3H3;4-7H,3H2,1-2H3/b8-4-,11-5-;. The summed E-state index contributed by atoms with van der Waals surface area (Å²) >= 11 is 0. The molecule has 0 bridgehead atoms. The number of benzene rings is 1. The van der Waals surface area contributed by atoms with E-state index in [0.717, 1.165) is 37.1 Å². The minimum atomic E-state index is 0.211. The van der Waals surface area contributed by atoms with Gasteiger partial charge in [0.1, 0.15) is 6.10 Å². The van der Waals surface area contributed by atoms with Crippen LogP contribution < -0.4 is 5.73 Å². The SMILES string of the molecule is C/C=C\C(CCCCN)O/C(C)=C\C.CCC(=O)c1ccc(C)cc1. The minimum absolute atomic E-state index is 0.211. The fourth-order valence-corrected chi connectivity index (χ4v) is 2.15. The van der Waals surface area contributed by atoms with Crippen LogP contribution in [0.15, 0.2) is 48.3 Å². The maximum absolute atomic E-state index is 11.1. The molecule has 0 aliphatic carbocycles. The van der Waals surface area contributed by atoms with Crippen LogP contribution in [0.25, 0.3) is 0 Å². The molecule has 1 rings (SSSR count). The molecule has 1 unspecified atom stereocenters. The van der Waals surface area contributed by atoms with Gasteiger partial charge in [-0.05, 0) is 65.7 Å². The lowest BCUT2D eigenvalue weighted by molar-refractivity contribution is 0.0988. The third kappa shape index (κ3) is 11.3. The molecule has 0 aliphatic heterocycles. The highest BCUT2D eigenvalue weighted by molar-refractivity contribution is 5.95. The Hall–Kier alpha value is -1.87. The molecule has 0 saturated heterocycles. The summed E-state index contributed by atoms with van der Waals surface area (Å²) in [7, 11) is 0. The van der Waals surface area contributed by atoms with Crippen molar-refractivity contribution < 1.29 is 9.53 Å². The molecule has 0 aliphatic rings. The maximum Gasteiger partial charge on any atom is 0.162 e. The number of carbonyl (C=O) groups is 1. The number of Topliss-reactive ketones (excluding diaryl/α,β-unsaturated/α-hetero) is 1. The second kappa shape index (κ2) is 14.5. The van der Waals surface area contributed by atoms with Gasteiger partial charge >= 0.3 is 0 Å². The van der Waals surface area contributed by atoms with Crippen molar-refractivity contribution in [1.82, 2.24) is 0 Å². The van der Waals surface area contributed by atoms with E-state index < -0.39 is 0 Å². The van der Waals surface area contributed by atoms with E-state index in [9.17, 15) is 4.79 Å². The van der Waals surface area contributed by atoms with Crippen molar-refractivity contribution in [3.63, 3.8) is 0 Å². The van der Waals surface area contributed by atoms with Crippen molar-refractivity contribution in [2.75, 3.05) is 6.54 Å². The molecule has 1 aromatic rings. The summed E-state index contributed by atoms with van der Waals surface area (Å²) in [4.78, 5) is 11.1. The predicted molar refractivity (Wildman–Crippen MR) is 108 cm³/mol. The Morgan fingerprint density at radius 2 is 1.84 bits per heavy atom. The van der Waals surface area contributed by atoms with Crippen LogP contribution in [0.4, 0.5) is 0 Å². The first-order valence-electron chi connectivity index (χ1n) is 9.20. The second-order valence-corrected chi connectivity index (χ2v) is 6.01. The van der Waals surface area contributed by atoms with Gasteiger partial charge in [0.05, 0.1) is 5.76 Å². The number of ether oxygens (including phenoxy) is 1. The molecule has 0 spiro atoms. The Morgan fingerprint density at radius 3 is 2.32 bits per heavy atom. The number of rotatable bonds is 9. The lowest BCUT2D eigenvalue weighted by atomic mass is 10.1. The summed E-state index contributed by atoms with van der Waals surface area (Å²) in [6.45, 7) is 10.7. The van der Waals surface area contributed by atoms with Gasteiger partial charge in [-0.2, -0.15) is 0 Å². The second-order valence-electron chi connectivity index (χ2n) is 6.01. The molecule has 3 heteroatoms. The zero-order valence-electron chi connectivity index (χ0n) is 16.5. The Morgan fingerprint density at radius 1 is 1.20 bits per heavy atom. The number of nitrogens with two attached hydrogens (primary N) is 1. The van der Waals surface area contributed by atoms with E-state index >= 15 is 0 Å². The zero-order chi connectivity index (χ0) is 19.1. The fraction of sp³-hybridized carbons (Fsp3) is 0.500. The Labute approximate surface area is 154 Å². The lowest BCUT2D eigenvalue weighted by Gasteiger charge is -2.15. The number of carbonyl (C=O) groups excluding carboxylic acids is 1. The van der Waals surface area contributed by atoms with E-state index in [0.29, 0.717) is 6.42 Å². The van der Waals surface area contributed by atoms with Gasteiger partial charge in [-0.15, -0.1) is 0 Å². The normalized spacial score (nSPS) is 12.5. The van der Waals surface area contributed by atoms with E-state index in [4.69, 9.17) is 10.5 Å². The van der Waals surface area contributed by atoms with Crippen molar-refractivity contribution in [1.29, 1.82) is 0 Å². The highest BCUT2D eigenvalue weighted by Gasteiger charge is 2.04. The van der Waals surface area contributed by atoms with Gasteiger partial charge in [0.15, 0.2) is 5.78 Å². The largest absolute Gasteiger partial charge is 0.491 e. The van der Waals surface area contributed by atoms with Gasteiger partial charge in [0.2, 0.25) is 0 Å². The van der Waals surface area contributed by atoms with E-state index in [1.54, 1.807) is 0 Å². The van der Waals surface area contributed by atoms with Crippen molar-refractivity contribution >= 4 is 5.78 Å². The lowest BCUT2D eigenvalue weighted by Crippen LogP contribution is -2.09. The molecule has 140 valence electrons. The van der Waals surface area contributed by atoms with E-state index in [1.165, 1.54) is 5.56 Å². The zero-order valence-corrected chi connectivity index (χ0v) is 16.5. The summed E-state index contributed by atoms with van der Waals surface area (Å²) in [6.07, 6.45) is 10.2. The van der Waals surface area contributed by atoms with Crippen LogP contribution in [-0.4, -0.2) is 18.4 Å². The summed E-state index contributed by atoms with van der Waals surface area (Å²) in [5.41, 5.74) is 7.46. The van der Waals surface area contributed by atoms with E-state index in [2.05, 4.69) is 6.08 Å². The topological polar surface area (TPSA) is 52.3 Å². The number of hydrogen-bond acceptors (Lipinski definition) is 3. The van der Waals surface area contributed by atoms with Gasteiger partial charge < -0.3 is 10.5 Å². The predicted octanol–water partition coefficient (Wildman–Crippen LogP) is 5.59. The first-order chi connectivity index (χ1) is 12.0. The summed E-state index contributed by atoms with van der Waals surface area (Å²) in [5.74, 6) is 1.20. The minimum Gasteiger partial charge on any atom is -0.491 e. The molecule has 0 saturated carbocycles. The third-order valence-corrected chi connectivity index (χ3v) is 3.79. The molecular formula is C22H35NO2. The number of hydrogen-bond donors (Lipinski definition) is 1. The van der Waals surface area contributed by atoms with E-state index in [-0.39, 0.29) is 11.9 Å². The highest BCUT2D eigenvalue weighted by Crippen LogP contribution is 2.11. The Bertz CT molecular complexity index is 529. The summed E-state index contributed by atoms with van der Waals surface area (Å²) in [5, 5.41) is 0. The van der Waals surface area contributed by atoms with Crippen molar-refractivity contribution in [3.8, 4) is 0 Å². The van der Waals surface area contributed by atoms with Crippen molar-refractivity contribution in [3.05, 3.63) is 59.4 Å². The summed E-state index contributed by atoms with van der Waals surface area (Å²) in [6, 6.07) is 7.67. The molecule has 1 atom stereocenters. The molecule has 0 heterocycles. The van der Waals surface area contributed by atoms with Gasteiger partial charge in [0.25, 0.3) is 0 Å². The smallest absolute Gasteiger partial charge is 0.162 e. The van der Waals surface area contributed by atoms with Gasteiger partial charge in [-0.1, -0.05) is 42.8 Å². The molecule has 1 aromatic carbocycles. The monoisotopic (exact) mass is 345 g/mol. The maximum atomic E-state index is 11.1. The van der Waals surface area contributed by atoms with Crippen LogP contribution in [-0.2, 0) is 4.74 Å². The number of unbranched alkanes of at least 4 members (excludes halogenated alkanes) is 1. The van der Waals surface area contributed by atoms with Crippen LogP contribution >= 0.6 is 0 Å². The van der Waals surface area contributed by atoms with Crippen molar-refractivity contribution in [2.45, 2.75) is 66.4 Å². The first kappa shape index (κ1) is 23.1. The molecule has 2 N–H and O–H groups in total. The molecule has 0 radical (unpaired) electrons. The average Bonchev–Trinajstić information content (AvgIpc) is 2.62. The number of allylic oxidation sites excluding steroid dienone is 3. The molecule has 0 fully saturated rings. The van der Waals surface area contributed by atoms with Crippen molar-refractivity contribution in [2.24, 2.45) is 5.73 Å². The van der Waals surface area contributed by atoms with Gasteiger partial charge in [-0.25, -0.2) is 0 Å². The Balaban J connectivity index is 0.000000472. The summed E-state index contributed by atoms with van der Waals surface area (Å²) < 4.78 is 5.72. The van der Waals surface area contributed by atoms with Crippen LogP contribution in [0, 0.1) is 6.92 Å². The highest BCUT2D eigenvalue weighted by atomic mass is 16.5. The molecular weight excluding hydrogens is 310 g/mol. The molecule has 0 aromatic heterocycles. The Kier molecular flexibility index (Phi) is 13.4.